The summed E-state index contributed by atoms with van der Waals surface area (Å²) in [5, 5.41) is 19.7. The highest BCUT2D eigenvalue weighted by molar-refractivity contribution is 5.91. The van der Waals surface area contributed by atoms with Crippen LogP contribution in [0.4, 0.5) is 0 Å². The largest absolute Gasteiger partial charge is 0.481 e. The molecule has 1 aromatic carbocycles. The molecular weight excluding hydrogens is 250 g/mol. The van der Waals surface area contributed by atoms with Gasteiger partial charge in [-0.3, -0.25) is 9.59 Å². The third kappa shape index (κ3) is 2.73. The number of carbonyl (C=O) groups excluding carboxylic acids is 1. The van der Waals surface area contributed by atoms with Crippen molar-refractivity contribution in [1.29, 1.82) is 0 Å². The number of benzene rings is 1. The van der Waals surface area contributed by atoms with Gasteiger partial charge in [0.05, 0.1) is 12.3 Å². The molecule has 0 bridgehead atoms. The summed E-state index contributed by atoms with van der Waals surface area (Å²) in [6, 6.07) is 6.01. The maximum Gasteiger partial charge on any atom is 0.326 e. The number of carbonyl (C=O) groups is 3. The van der Waals surface area contributed by atoms with Crippen LogP contribution in [0.5, 0.6) is 0 Å². The fourth-order valence-electron chi connectivity index (χ4n) is 2.14. The summed E-state index contributed by atoms with van der Waals surface area (Å²) in [4.78, 5) is 33.3. The Morgan fingerprint density at radius 2 is 1.95 bits per heavy atom. The van der Waals surface area contributed by atoms with Crippen molar-refractivity contribution in [3.63, 3.8) is 0 Å². The normalized spacial score (nSPS) is 17.8. The summed E-state index contributed by atoms with van der Waals surface area (Å²) in [6.45, 7) is 0. The second-order valence-electron chi connectivity index (χ2n) is 4.45. The summed E-state index contributed by atoms with van der Waals surface area (Å²) < 4.78 is 0. The molecule has 0 aliphatic heterocycles. The van der Waals surface area contributed by atoms with E-state index in [0.29, 0.717) is 6.42 Å². The first-order valence-corrected chi connectivity index (χ1v) is 5.82. The number of fused-ring (bicyclic) bond motifs is 1. The number of hydrogen-bond acceptors (Lipinski definition) is 3. The zero-order chi connectivity index (χ0) is 14.0. The SMILES string of the molecule is O=C(O)CC(NC(=O)C1Cc2ccccc21)C(=O)O. The van der Waals surface area contributed by atoms with E-state index in [1.807, 2.05) is 24.3 Å². The minimum absolute atomic E-state index is 0.383. The molecule has 2 rings (SSSR count). The second kappa shape index (κ2) is 5.09. The van der Waals surface area contributed by atoms with E-state index in [9.17, 15) is 14.4 Å². The van der Waals surface area contributed by atoms with E-state index < -0.39 is 30.3 Å². The Labute approximate surface area is 109 Å². The van der Waals surface area contributed by atoms with Crippen molar-refractivity contribution in [2.75, 3.05) is 0 Å². The van der Waals surface area contributed by atoms with Crippen molar-refractivity contribution in [1.82, 2.24) is 5.32 Å². The van der Waals surface area contributed by atoms with E-state index in [4.69, 9.17) is 10.2 Å². The molecule has 3 N–H and O–H groups in total. The van der Waals surface area contributed by atoms with Gasteiger partial charge in [0.2, 0.25) is 5.91 Å². The average Bonchev–Trinajstić information content (AvgIpc) is 2.29. The van der Waals surface area contributed by atoms with E-state index in [2.05, 4.69) is 5.32 Å². The molecule has 6 heteroatoms. The number of carboxylic acids is 2. The molecule has 0 fully saturated rings. The minimum Gasteiger partial charge on any atom is -0.481 e. The van der Waals surface area contributed by atoms with Crippen molar-refractivity contribution >= 4 is 17.8 Å². The van der Waals surface area contributed by atoms with Crippen LogP contribution in [0.2, 0.25) is 0 Å². The molecular formula is C13H13NO5. The van der Waals surface area contributed by atoms with Gasteiger partial charge in [-0.1, -0.05) is 24.3 Å². The van der Waals surface area contributed by atoms with Crippen LogP contribution in [0.3, 0.4) is 0 Å². The third-order valence-corrected chi connectivity index (χ3v) is 3.16. The topological polar surface area (TPSA) is 104 Å². The van der Waals surface area contributed by atoms with Crippen LogP contribution in [0.1, 0.15) is 23.5 Å². The minimum atomic E-state index is -1.39. The fourth-order valence-corrected chi connectivity index (χ4v) is 2.14. The number of nitrogens with one attached hydrogen (secondary N) is 1. The Morgan fingerprint density at radius 3 is 2.53 bits per heavy atom. The Balaban J connectivity index is 2.02. The first-order valence-electron chi connectivity index (χ1n) is 5.82. The van der Waals surface area contributed by atoms with Crippen molar-refractivity contribution in [3.05, 3.63) is 35.4 Å². The van der Waals surface area contributed by atoms with Gasteiger partial charge in [-0.25, -0.2) is 4.79 Å². The van der Waals surface area contributed by atoms with E-state index in [1.165, 1.54) is 0 Å². The molecule has 2 atom stereocenters. The van der Waals surface area contributed by atoms with Crippen molar-refractivity contribution < 1.29 is 24.6 Å². The van der Waals surface area contributed by atoms with Gasteiger partial charge >= 0.3 is 11.9 Å². The Bertz CT molecular complexity index is 540. The molecule has 0 saturated heterocycles. The molecule has 6 nitrogen and oxygen atoms in total. The second-order valence-corrected chi connectivity index (χ2v) is 4.45. The lowest BCUT2D eigenvalue weighted by Crippen LogP contribution is -2.46. The molecule has 0 aromatic heterocycles. The van der Waals surface area contributed by atoms with Gasteiger partial charge in [-0.2, -0.15) is 0 Å². The highest BCUT2D eigenvalue weighted by Gasteiger charge is 2.34. The molecule has 1 amide bonds. The van der Waals surface area contributed by atoms with E-state index in [-0.39, 0.29) is 5.92 Å². The molecule has 0 radical (unpaired) electrons. The zero-order valence-electron chi connectivity index (χ0n) is 10.00. The first-order chi connectivity index (χ1) is 8.99. The molecule has 1 aliphatic carbocycles. The number of carboxylic acid groups (broad SMARTS) is 2. The van der Waals surface area contributed by atoms with E-state index in [0.717, 1.165) is 11.1 Å². The summed E-state index contributed by atoms with van der Waals surface area (Å²) >= 11 is 0. The van der Waals surface area contributed by atoms with Crippen LogP contribution in [0, 0.1) is 0 Å². The van der Waals surface area contributed by atoms with Gasteiger partial charge < -0.3 is 15.5 Å². The molecule has 19 heavy (non-hydrogen) atoms. The zero-order valence-corrected chi connectivity index (χ0v) is 10.00. The Morgan fingerprint density at radius 1 is 1.26 bits per heavy atom. The van der Waals surface area contributed by atoms with Gasteiger partial charge in [0.1, 0.15) is 6.04 Å². The van der Waals surface area contributed by atoms with Gasteiger partial charge in [0.25, 0.3) is 0 Å². The average molecular weight is 263 g/mol. The van der Waals surface area contributed by atoms with E-state index in [1.54, 1.807) is 0 Å². The van der Waals surface area contributed by atoms with Crippen molar-refractivity contribution in [3.8, 4) is 0 Å². The summed E-state index contributed by atoms with van der Waals surface area (Å²) in [5.41, 5.74) is 1.94. The molecule has 1 aromatic rings. The monoisotopic (exact) mass is 263 g/mol. The predicted molar refractivity (Wildman–Crippen MR) is 64.7 cm³/mol. The van der Waals surface area contributed by atoms with Gasteiger partial charge in [0.15, 0.2) is 0 Å². The van der Waals surface area contributed by atoms with Crippen LogP contribution in [-0.4, -0.2) is 34.1 Å². The van der Waals surface area contributed by atoms with Gasteiger partial charge in [-0.15, -0.1) is 0 Å². The Hall–Kier alpha value is -2.37. The van der Waals surface area contributed by atoms with Crippen LogP contribution in [0.15, 0.2) is 24.3 Å². The molecule has 1 aliphatic rings. The summed E-state index contributed by atoms with van der Waals surface area (Å²) in [6.07, 6.45) is -0.0726. The molecule has 0 saturated carbocycles. The smallest absolute Gasteiger partial charge is 0.326 e. The standard InChI is InChI=1S/C13H13NO5/c15-11(16)6-10(13(18)19)14-12(17)9-5-7-3-1-2-4-8(7)9/h1-4,9-10H,5-6H2,(H,14,17)(H,15,16)(H,18,19). The maximum atomic E-state index is 11.9. The fraction of sp³-hybridized carbons (Fsp3) is 0.308. The van der Waals surface area contributed by atoms with Crippen molar-refractivity contribution in [2.24, 2.45) is 0 Å². The highest BCUT2D eigenvalue weighted by atomic mass is 16.4. The lowest BCUT2D eigenvalue weighted by molar-refractivity contribution is -0.147. The predicted octanol–water partition coefficient (Wildman–Crippen LogP) is 0.370. The number of aliphatic carboxylic acids is 2. The molecule has 0 heterocycles. The lowest BCUT2D eigenvalue weighted by Gasteiger charge is -2.29. The van der Waals surface area contributed by atoms with Crippen LogP contribution in [0.25, 0.3) is 0 Å². The lowest BCUT2D eigenvalue weighted by atomic mass is 9.77. The highest BCUT2D eigenvalue weighted by Crippen LogP contribution is 2.34. The first kappa shape index (κ1) is 13.1. The summed E-state index contributed by atoms with van der Waals surface area (Å²) in [7, 11) is 0. The van der Waals surface area contributed by atoms with Gasteiger partial charge in [0, 0.05) is 0 Å². The Kier molecular flexibility index (Phi) is 3.50. The number of amides is 1. The van der Waals surface area contributed by atoms with Crippen LogP contribution < -0.4 is 5.32 Å². The third-order valence-electron chi connectivity index (χ3n) is 3.16. The summed E-state index contributed by atoms with van der Waals surface area (Å²) in [5.74, 6) is -3.43. The van der Waals surface area contributed by atoms with Gasteiger partial charge in [-0.05, 0) is 17.5 Å². The number of rotatable bonds is 5. The molecule has 100 valence electrons. The number of hydrogen-bond donors (Lipinski definition) is 3. The van der Waals surface area contributed by atoms with Crippen LogP contribution >= 0.6 is 0 Å². The molecule has 0 spiro atoms. The molecule has 2 unspecified atom stereocenters. The van der Waals surface area contributed by atoms with E-state index >= 15 is 0 Å². The van der Waals surface area contributed by atoms with Crippen molar-refractivity contribution in [2.45, 2.75) is 24.8 Å². The van der Waals surface area contributed by atoms with Crippen LogP contribution in [-0.2, 0) is 20.8 Å². The quantitative estimate of drug-likeness (QED) is 0.712. The maximum absolute atomic E-state index is 11.9.